The molecule has 1 aromatic rings. The number of carbonyl (C=O) groups is 1. The van der Waals surface area contributed by atoms with E-state index in [-0.39, 0.29) is 11.6 Å². The highest BCUT2D eigenvalue weighted by Gasteiger charge is 2.40. The Morgan fingerprint density at radius 2 is 1.75 bits per heavy atom. The number of piperazine rings is 1. The van der Waals surface area contributed by atoms with Crippen LogP contribution in [0.25, 0.3) is 0 Å². The van der Waals surface area contributed by atoms with Gasteiger partial charge in [0.2, 0.25) is 0 Å². The van der Waals surface area contributed by atoms with Gasteiger partial charge in [-0.1, -0.05) is 49.6 Å². The van der Waals surface area contributed by atoms with Crippen molar-refractivity contribution in [2.45, 2.75) is 44.2 Å². The van der Waals surface area contributed by atoms with Crippen LogP contribution >= 0.6 is 0 Å². The summed E-state index contributed by atoms with van der Waals surface area (Å²) in [7, 11) is 0. The van der Waals surface area contributed by atoms with Crippen LogP contribution in [0.2, 0.25) is 0 Å². The lowest BCUT2D eigenvalue weighted by Crippen LogP contribution is -2.58. The molecule has 1 saturated carbocycles. The van der Waals surface area contributed by atoms with Crippen LogP contribution in [0, 0.1) is 11.3 Å². The normalized spacial score (nSPS) is 21.0. The van der Waals surface area contributed by atoms with Crippen molar-refractivity contribution in [3.8, 4) is 6.07 Å². The quantitative estimate of drug-likeness (QED) is 0.855. The molecule has 0 bridgehead atoms. The van der Waals surface area contributed by atoms with Crippen LogP contribution in [0.1, 0.15) is 37.7 Å². The zero-order valence-corrected chi connectivity index (χ0v) is 14.1. The first kappa shape index (κ1) is 16.8. The van der Waals surface area contributed by atoms with Gasteiger partial charge in [0.1, 0.15) is 12.1 Å². The Labute approximate surface area is 143 Å². The molecule has 5 nitrogen and oxygen atoms in total. The van der Waals surface area contributed by atoms with Gasteiger partial charge < -0.3 is 9.64 Å². The van der Waals surface area contributed by atoms with Crippen LogP contribution in [-0.4, -0.2) is 47.6 Å². The third-order valence-corrected chi connectivity index (χ3v) is 5.24. The Morgan fingerprint density at radius 3 is 2.38 bits per heavy atom. The average Bonchev–Trinajstić information content (AvgIpc) is 2.67. The molecule has 0 aromatic heterocycles. The van der Waals surface area contributed by atoms with E-state index >= 15 is 0 Å². The molecule has 5 heteroatoms. The van der Waals surface area contributed by atoms with Crippen LogP contribution < -0.4 is 0 Å². The summed E-state index contributed by atoms with van der Waals surface area (Å²) < 4.78 is 5.40. The SMILES string of the molecule is N#CC1(N2CCN(C(=O)OCc3ccccc3)CC2)CCCCC1. The molecule has 128 valence electrons. The van der Waals surface area contributed by atoms with Gasteiger partial charge in [-0.15, -0.1) is 0 Å². The fraction of sp³-hybridized carbons (Fsp3) is 0.579. The maximum absolute atomic E-state index is 12.2. The van der Waals surface area contributed by atoms with Gasteiger partial charge in [0.05, 0.1) is 6.07 Å². The Hall–Kier alpha value is -2.06. The summed E-state index contributed by atoms with van der Waals surface area (Å²) in [4.78, 5) is 16.3. The molecule has 1 saturated heterocycles. The van der Waals surface area contributed by atoms with Crippen molar-refractivity contribution < 1.29 is 9.53 Å². The number of hydrogen-bond acceptors (Lipinski definition) is 4. The Kier molecular flexibility index (Phi) is 5.37. The third-order valence-electron chi connectivity index (χ3n) is 5.24. The summed E-state index contributed by atoms with van der Waals surface area (Å²) in [5, 5.41) is 9.68. The number of amides is 1. The van der Waals surface area contributed by atoms with E-state index in [1.807, 2.05) is 30.3 Å². The topological polar surface area (TPSA) is 56.6 Å². The summed E-state index contributed by atoms with van der Waals surface area (Å²) in [6.07, 6.45) is 5.16. The summed E-state index contributed by atoms with van der Waals surface area (Å²) >= 11 is 0. The van der Waals surface area contributed by atoms with E-state index in [1.165, 1.54) is 6.42 Å². The highest BCUT2D eigenvalue weighted by Crippen LogP contribution is 2.33. The van der Waals surface area contributed by atoms with Crippen molar-refractivity contribution in [2.24, 2.45) is 0 Å². The minimum Gasteiger partial charge on any atom is -0.445 e. The number of ether oxygens (including phenoxy) is 1. The summed E-state index contributed by atoms with van der Waals surface area (Å²) in [5.41, 5.74) is 0.688. The van der Waals surface area contributed by atoms with Crippen molar-refractivity contribution in [1.82, 2.24) is 9.80 Å². The molecular weight excluding hydrogens is 302 g/mol. The molecule has 0 N–H and O–H groups in total. The molecule has 0 radical (unpaired) electrons. The fourth-order valence-corrected chi connectivity index (χ4v) is 3.76. The molecule has 24 heavy (non-hydrogen) atoms. The minimum absolute atomic E-state index is 0.256. The number of nitriles is 1. The molecule has 1 amide bonds. The maximum atomic E-state index is 12.2. The van der Waals surface area contributed by atoms with E-state index in [2.05, 4.69) is 11.0 Å². The second-order valence-electron chi connectivity index (χ2n) is 6.72. The lowest BCUT2D eigenvalue weighted by Gasteiger charge is -2.45. The van der Waals surface area contributed by atoms with Crippen molar-refractivity contribution >= 4 is 6.09 Å². The third kappa shape index (κ3) is 3.70. The number of hydrogen-bond donors (Lipinski definition) is 0. The molecule has 0 atom stereocenters. The number of nitrogens with zero attached hydrogens (tertiary/aromatic N) is 3. The van der Waals surface area contributed by atoms with Crippen molar-refractivity contribution in [3.05, 3.63) is 35.9 Å². The maximum Gasteiger partial charge on any atom is 0.410 e. The van der Waals surface area contributed by atoms with Gasteiger partial charge in [0.25, 0.3) is 0 Å². The summed E-state index contributed by atoms with van der Waals surface area (Å²) in [6, 6.07) is 12.3. The predicted octanol–water partition coefficient (Wildman–Crippen LogP) is 3.17. The Morgan fingerprint density at radius 1 is 1.08 bits per heavy atom. The van der Waals surface area contributed by atoms with E-state index < -0.39 is 0 Å². The van der Waals surface area contributed by atoms with Gasteiger partial charge in [-0.05, 0) is 18.4 Å². The highest BCUT2D eigenvalue weighted by atomic mass is 16.6. The van der Waals surface area contributed by atoms with E-state index in [1.54, 1.807) is 4.90 Å². The standard InChI is InChI=1S/C19H25N3O2/c20-16-19(9-5-2-6-10-19)22-13-11-21(12-14-22)18(23)24-15-17-7-3-1-4-8-17/h1,3-4,7-8H,2,5-6,9-15H2. The number of rotatable bonds is 3. The monoisotopic (exact) mass is 327 g/mol. The molecule has 1 aromatic carbocycles. The molecule has 1 aliphatic carbocycles. The summed E-state index contributed by atoms with van der Waals surface area (Å²) in [6.45, 7) is 3.10. The van der Waals surface area contributed by atoms with Gasteiger partial charge in [-0.25, -0.2) is 4.79 Å². The van der Waals surface area contributed by atoms with Crippen molar-refractivity contribution in [2.75, 3.05) is 26.2 Å². The van der Waals surface area contributed by atoms with E-state index in [0.717, 1.165) is 44.3 Å². The van der Waals surface area contributed by atoms with Gasteiger partial charge in [-0.2, -0.15) is 5.26 Å². The van der Waals surface area contributed by atoms with Gasteiger partial charge in [0, 0.05) is 26.2 Å². The molecule has 2 fully saturated rings. The molecule has 1 aliphatic heterocycles. The van der Waals surface area contributed by atoms with E-state index in [4.69, 9.17) is 4.74 Å². The van der Waals surface area contributed by atoms with Crippen LogP contribution in [0.5, 0.6) is 0 Å². The zero-order chi connectivity index (χ0) is 16.8. The van der Waals surface area contributed by atoms with Crippen LogP contribution in [0.4, 0.5) is 4.79 Å². The van der Waals surface area contributed by atoms with E-state index in [9.17, 15) is 10.1 Å². The van der Waals surface area contributed by atoms with Gasteiger partial charge >= 0.3 is 6.09 Å². The first-order valence-electron chi connectivity index (χ1n) is 8.85. The smallest absolute Gasteiger partial charge is 0.410 e. The van der Waals surface area contributed by atoms with E-state index in [0.29, 0.717) is 19.7 Å². The molecule has 1 heterocycles. The Balaban J connectivity index is 1.49. The molecule has 3 rings (SSSR count). The van der Waals surface area contributed by atoms with Crippen LogP contribution in [0.3, 0.4) is 0 Å². The number of carbonyl (C=O) groups excluding carboxylic acids is 1. The molecule has 0 spiro atoms. The average molecular weight is 327 g/mol. The first-order valence-corrected chi connectivity index (χ1v) is 8.85. The lowest BCUT2D eigenvalue weighted by atomic mass is 9.81. The molecule has 2 aliphatic rings. The largest absolute Gasteiger partial charge is 0.445 e. The zero-order valence-electron chi connectivity index (χ0n) is 14.1. The molecule has 0 unspecified atom stereocenters. The number of benzene rings is 1. The second kappa shape index (κ2) is 7.67. The van der Waals surface area contributed by atoms with Crippen LogP contribution in [-0.2, 0) is 11.3 Å². The van der Waals surface area contributed by atoms with Crippen LogP contribution in [0.15, 0.2) is 30.3 Å². The van der Waals surface area contributed by atoms with Gasteiger partial charge in [0.15, 0.2) is 0 Å². The minimum atomic E-state index is -0.307. The Bertz CT molecular complexity index is 582. The summed E-state index contributed by atoms with van der Waals surface area (Å²) in [5.74, 6) is 0. The predicted molar refractivity (Wildman–Crippen MR) is 91.2 cm³/mol. The fourth-order valence-electron chi connectivity index (χ4n) is 3.76. The van der Waals surface area contributed by atoms with Crippen molar-refractivity contribution in [1.29, 1.82) is 5.26 Å². The molecular formula is C19H25N3O2. The van der Waals surface area contributed by atoms with Crippen molar-refractivity contribution in [3.63, 3.8) is 0 Å². The van der Waals surface area contributed by atoms with Gasteiger partial charge in [-0.3, -0.25) is 4.90 Å². The highest BCUT2D eigenvalue weighted by molar-refractivity contribution is 5.67. The first-order chi connectivity index (χ1) is 11.7. The second-order valence-corrected chi connectivity index (χ2v) is 6.72. The lowest BCUT2D eigenvalue weighted by molar-refractivity contribution is 0.0306.